The Morgan fingerprint density at radius 3 is 2.50 bits per heavy atom. The molecule has 0 aliphatic carbocycles. The van der Waals surface area contributed by atoms with Crippen molar-refractivity contribution in [3.63, 3.8) is 0 Å². The number of para-hydroxylation sites is 2. The van der Waals surface area contributed by atoms with Crippen LogP contribution in [0.4, 0.5) is 10.5 Å². The second-order valence-corrected chi connectivity index (χ2v) is 7.64. The third-order valence-corrected chi connectivity index (χ3v) is 4.24. The summed E-state index contributed by atoms with van der Waals surface area (Å²) in [5, 5.41) is 20.6. The van der Waals surface area contributed by atoms with Gasteiger partial charge in [-0.05, 0) is 51.7 Å². The second-order valence-electron chi connectivity index (χ2n) is 7.64. The Morgan fingerprint density at radius 1 is 1.25 bits per heavy atom. The smallest absolute Gasteiger partial charge is 0.410 e. The molecular weight excluding hydrogens is 356 g/mol. The number of anilines is 1. The number of nitriles is 2. The van der Waals surface area contributed by atoms with Crippen LogP contribution in [0.1, 0.15) is 33.6 Å². The number of hydrogen-bond acceptors (Lipinski definition) is 6. The highest BCUT2D eigenvalue weighted by molar-refractivity contribution is 5.68. The average Bonchev–Trinajstić information content (AvgIpc) is 2.67. The lowest BCUT2D eigenvalue weighted by molar-refractivity contribution is 0.0165. The van der Waals surface area contributed by atoms with E-state index in [-0.39, 0.29) is 11.7 Å². The van der Waals surface area contributed by atoms with E-state index in [4.69, 9.17) is 20.0 Å². The molecule has 1 aromatic rings. The lowest BCUT2D eigenvalue weighted by atomic mass is 9.98. The molecule has 0 aromatic heterocycles. The minimum atomic E-state index is -0.487. The van der Waals surface area contributed by atoms with Gasteiger partial charge in [-0.1, -0.05) is 12.1 Å². The second kappa shape index (κ2) is 9.66. The van der Waals surface area contributed by atoms with Gasteiger partial charge >= 0.3 is 6.09 Å². The largest absolute Gasteiger partial charge is 0.491 e. The fourth-order valence-electron chi connectivity index (χ4n) is 2.77. The summed E-state index contributed by atoms with van der Waals surface area (Å²) in [5.74, 6) is 1.000. The summed E-state index contributed by atoms with van der Waals surface area (Å²) in [6.45, 7) is 7.43. The lowest BCUT2D eigenvalue weighted by Gasteiger charge is -2.33. The molecule has 7 nitrogen and oxygen atoms in total. The number of carbonyl (C=O) groups is 1. The van der Waals surface area contributed by atoms with E-state index in [0.717, 1.165) is 12.8 Å². The molecule has 148 valence electrons. The average molecular weight is 382 g/mol. The van der Waals surface area contributed by atoms with Crippen LogP contribution in [-0.2, 0) is 4.74 Å². The van der Waals surface area contributed by atoms with Crippen molar-refractivity contribution >= 4 is 11.8 Å². The van der Waals surface area contributed by atoms with Crippen LogP contribution in [0.3, 0.4) is 0 Å². The van der Waals surface area contributed by atoms with Crippen molar-refractivity contribution in [3.05, 3.63) is 36.0 Å². The molecule has 0 saturated carbocycles. The van der Waals surface area contributed by atoms with Gasteiger partial charge in [-0.25, -0.2) is 4.79 Å². The number of likely N-dealkylation sites (tertiary alicyclic amines) is 1. The molecule has 1 fully saturated rings. The van der Waals surface area contributed by atoms with Crippen LogP contribution in [0.25, 0.3) is 0 Å². The van der Waals surface area contributed by atoms with Gasteiger partial charge in [0.25, 0.3) is 0 Å². The Balaban J connectivity index is 1.86. The van der Waals surface area contributed by atoms with Crippen molar-refractivity contribution in [2.24, 2.45) is 5.92 Å². The van der Waals surface area contributed by atoms with E-state index in [1.165, 1.54) is 6.20 Å². The van der Waals surface area contributed by atoms with Gasteiger partial charge in [-0.2, -0.15) is 10.5 Å². The van der Waals surface area contributed by atoms with Gasteiger partial charge in [0.15, 0.2) is 0 Å². The number of allylic oxidation sites excluding steroid dienone is 1. The van der Waals surface area contributed by atoms with Gasteiger partial charge < -0.3 is 19.7 Å². The van der Waals surface area contributed by atoms with E-state index in [2.05, 4.69) is 5.32 Å². The predicted octanol–water partition coefficient (Wildman–Crippen LogP) is 4.06. The molecule has 0 bridgehead atoms. The summed E-state index contributed by atoms with van der Waals surface area (Å²) in [7, 11) is 0. The van der Waals surface area contributed by atoms with Crippen molar-refractivity contribution < 1.29 is 14.3 Å². The summed E-state index contributed by atoms with van der Waals surface area (Å²) in [5.41, 5.74) is 0.195. The molecular formula is C21H26N4O3. The van der Waals surface area contributed by atoms with Crippen molar-refractivity contribution in [3.8, 4) is 17.9 Å². The maximum Gasteiger partial charge on any atom is 0.410 e. The van der Waals surface area contributed by atoms with E-state index in [9.17, 15) is 4.79 Å². The molecule has 1 heterocycles. The quantitative estimate of drug-likeness (QED) is 0.771. The third kappa shape index (κ3) is 6.51. The van der Waals surface area contributed by atoms with E-state index in [1.54, 1.807) is 17.0 Å². The van der Waals surface area contributed by atoms with E-state index >= 15 is 0 Å². The number of piperidine rings is 1. The minimum absolute atomic E-state index is 0.00989. The first kappa shape index (κ1) is 21.1. The van der Waals surface area contributed by atoms with Crippen molar-refractivity contribution in [2.75, 3.05) is 25.0 Å². The fourth-order valence-corrected chi connectivity index (χ4v) is 2.77. The number of amides is 1. The van der Waals surface area contributed by atoms with E-state index < -0.39 is 5.60 Å². The summed E-state index contributed by atoms with van der Waals surface area (Å²) in [6, 6.07) is 11.0. The number of hydrogen-bond donors (Lipinski definition) is 1. The van der Waals surface area contributed by atoms with Crippen LogP contribution in [0, 0.1) is 28.6 Å². The predicted molar refractivity (Wildman–Crippen MR) is 105 cm³/mol. The maximum atomic E-state index is 12.1. The van der Waals surface area contributed by atoms with Crippen molar-refractivity contribution in [1.82, 2.24) is 4.90 Å². The van der Waals surface area contributed by atoms with Crippen LogP contribution in [-0.4, -0.2) is 36.3 Å². The molecule has 0 atom stereocenters. The number of nitrogens with one attached hydrogen (secondary N) is 1. The molecule has 1 N–H and O–H groups in total. The molecule has 1 aliphatic rings. The van der Waals surface area contributed by atoms with Crippen LogP contribution < -0.4 is 10.1 Å². The summed E-state index contributed by atoms with van der Waals surface area (Å²) >= 11 is 0. The van der Waals surface area contributed by atoms with Crippen LogP contribution in [0.15, 0.2) is 36.0 Å². The first-order chi connectivity index (χ1) is 13.3. The summed E-state index contributed by atoms with van der Waals surface area (Å²) < 4.78 is 11.4. The zero-order valence-electron chi connectivity index (χ0n) is 16.6. The molecule has 2 rings (SSSR count). The van der Waals surface area contributed by atoms with E-state index in [1.807, 2.05) is 45.0 Å². The van der Waals surface area contributed by atoms with Gasteiger partial charge in [-0.3, -0.25) is 0 Å². The van der Waals surface area contributed by atoms with Gasteiger partial charge in [0, 0.05) is 19.3 Å². The normalized spacial score (nSPS) is 14.4. The standard InChI is InChI=1S/C21H26N4O3/c1-21(2,3)28-20(26)25-10-8-16(9-11-25)15-27-19-7-5-4-6-18(19)24-14-17(12-22)13-23/h4-7,14,16,24H,8-11,15H2,1-3H3. The Morgan fingerprint density at radius 2 is 1.89 bits per heavy atom. The number of benzene rings is 1. The number of carbonyl (C=O) groups excluding carboxylic acids is 1. The number of ether oxygens (including phenoxy) is 2. The van der Waals surface area contributed by atoms with Gasteiger partial charge in [0.2, 0.25) is 0 Å². The SMILES string of the molecule is CC(C)(C)OC(=O)N1CCC(COc2ccccc2NC=C(C#N)C#N)CC1. The lowest BCUT2D eigenvalue weighted by Crippen LogP contribution is -2.42. The van der Waals surface area contributed by atoms with E-state index in [0.29, 0.717) is 37.1 Å². The van der Waals surface area contributed by atoms with Crippen LogP contribution in [0.2, 0.25) is 0 Å². The van der Waals surface area contributed by atoms with Gasteiger partial charge in [-0.15, -0.1) is 0 Å². The monoisotopic (exact) mass is 382 g/mol. The minimum Gasteiger partial charge on any atom is -0.491 e. The topological polar surface area (TPSA) is 98.4 Å². The molecule has 28 heavy (non-hydrogen) atoms. The molecule has 7 heteroatoms. The molecule has 0 unspecified atom stereocenters. The molecule has 0 spiro atoms. The van der Waals surface area contributed by atoms with Crippen LogP contribution in [0.5, 0.6) is 5.75 Å². The zero-order chi connectivity index (χ0) is 20.6. The fraction of sp³-hybridized carbons (Fsp3) is 0.476. The Hall–Kier alpha value is -3.19. The van der Waals surface area contributed by atoms with Crippen molar-refractivity contribution in [2.45, 2.75) is 39.2 Å². The highest BCUT2D eigenvalue weighted by Crippen LogP contribution is 2.26. The third-order valence-electron chi connectivity index (χ3n) is 4.24. The molecule has 1 aliphatic heterocycles. The Kier molecular flexibility index (Phi) is 7.28. The van der Waals surface area contributed by atoms with Gasteiger partial charge in [0.05, 0.1) is 12.3 Å². The van der Waals surface area contributed by atoms with Crippen LogP contribution >= 0.6 is 0 Å². The first-order valence-corrected chi connectivity index (χ1v) is 9.29. The molecule has 0 radical (unpaired) electrons. The zero-order valence-corrected chi connectivity index (χ0v) is 16.6. The first-order valence-electron chi connectivity index (χ1n) is 9.29. The maximum absolute atomic E-state index is 12.1. The Bertz CT molecular complexity index is 775. The molecule has 1 aromatic carbocycles. The summed E-state index contributed by atoms with van der Waals surface area (Å²) in [4.78, 5) is 13.9. The highest BCUT2D eigenvalue weighted by Gasteiger charge is 2.27. The number of nitrogens with zero attached hydrogens (tertiary/aromatic N) is 3. The molecule has 1 saturated heterocycles. The Labute approximate surface area is 166 Å². The highest BCUT2D eigenvalue weighted by atomic mass is 16.6. The van der Waals surface area contributed by atoms with Gasteiger partial charge in [0.1, 0.15) is 29.1 Å². The molecule has 1 amide bonds. The summed E-state index contributed by atoms with van der Waals surface area (Å²) in [6.07, 6.45) is 2.80. The van der Waals surface area contributed by atoms with Crippen molar-refractivity contribution in [1.29, 1.82) is 10.5 Å². The number of rotatable bonds is 5.